The Labute approximate surface area is 91.9 Å². The van der Waals surface area contributed by atoms with Gasteiger partial charge in [-0.15, -0.1) is 5.10 Å². The summed E-state index contributed by atoms with van der Waals surface area (Å²) in [5, 5.41) is 4.48. The molecule has 0 bridgehead atoms. The van der Waals surface area contributed by atoms with E-state index in [1.165, 1.54) is 17.1 Å². The third-order valence-corrected chi connectivity index (χ3v) is 2.58. The number of aryl methyl sites for hydroxylation is 1. The van der Waals surface area contributed by atoms with E-state index in [1.807, 2.05) is 31.2 Å². The smallest absolute Gasteiger partial charge is 0.136 e. The number of anilines is 1. The molecular weight excluding hydrogens is 210 g/mol. The molecule has 0 radical (unpaired) electrons. The van der Waals surface area contributed by atoms with Gasteiger partial charge in [0.15, 0.2) is 0 Å². The Kier molecular flexibility index (Phi) is 2.82. The molecule has 4 nitrogen and oxygen atoms in total. The van der Waals surface area contributed by atoms with E-state index in [0.29, 0.717) is 17.3 Å². The van der Waals surface area contributed by atoms with Gasteiger partial charge in [-0.1, -0.05) is 22.2 Å². The van der Waals surface area contributed by atoms with Gasteiger partial charge in [-0.3, -0.25) is 0 Å². The second kappa shape index (κ2) is 4.27. The van der Waals surface area contributed by atoms with Crippen LogP contribution in [0.15, 0.2) is 24.3 Å². The van der Waals surface area contributed by atoms with E-state index in [2.05, 4.69) is 9.59 Å². The lowest BCUT2D eigenvalue weighted by Crippen LogP contribution is -1.98. The van der Waals surface area contributed by atoms with Gasteiger partial charge in [0.2, 0.25) is 0 Å². The first-order chi connectivity index (χ1) is 7.25. The van der Waals surface area contributed by atoms with Gasteiger partial charge >= 0.3 is 0 Å². The lowest BCUT2D eigenvalue weighted by atomic mass is 10.2. The number of hydrogen-bond acceptors (Lipinski definition) is 5. The number of aromatic nitrogens is 2. The highest BCUT2D eigenvalue weighted by Gasteiger charge is 2.04. The van der Waals surface area contributed by atoms with E-state index in [9.17, 15) is 0 Å². The SMILES string of the molecule is Cc1ccc(OCc2nnsc2N)cc1. The number of ether oxygens (including phenoxy) is 1. The minimum absolute atomic E-state index is 0.366. The van der Waals surface area contributed by atoms with Crippen molar-refractivity contribution < 1.29 is 4.74 Å². The Morgan fingerprint density at radius 1 is 1.33 bits per heavy atom. The molecule has 2 rings (SSSR count). The molecule has 15 heavy (non-hydrogen) atoms. The molecule has 0 spiro atoms. The summed E-state index contributed by atoms with van der Waals surface area (Å²) in [5.41, 5.74) is 7.54. The first kappa shape index (κ1) is 9.92. The van der Waals surface area contributed by atoms with Crippen molar-refractivity contribution in [3.05, 3.63) is 35.5 Å². The van der Waals surface area contributed by atoms with Crippen molar-refractivity contribution in [1.29, 1.82) is 0 Å². The van der Waals surface area contributed by atoms with Crippen molar-refractivity contribution in [2.24, 2.45) is 0 Å². The molecule has 0 saturated carbocycles. The Balaban J connectivity index is 1.99. The third kappa shape index (κ3) is 2.44. The van der Waals surface area contributed by atoms with Crippen LogP contribution in [0, 0.1) is 6.92 Å². The van der Waals surface area contributed by atoms with E-state index in [4.69, 9.17) is 10.5 Å². The molecule has 0 aliphatic heterocycles. The lowest BCUT2D eigenvalue weighted by Gasteiger charge is -2.04. The molecule has 0 fully saturated rings. The van der Waals surface area contributed by atoms with Gasteiger partial charge in [0.05, 0.1) is 0 Å². The van der Waals surface area contributed by atoms with Gasteiger partial charge in [-0.25, -0.2) is 0 Å². The second-order valence-electron chi connectivity index (χ2n) is 3.19. The molecule has 2 aromatic rings. The van der Waals surface area contributed by atoms with E-state index >= 15 is 0 Å². The number of benzene rings is 1. The van der Waals surface area contributed by atoms with Crippen molar-refractivity contribution in [3.8, 4) is 5.75 Å². The van der Waals surface area contributed by atoms with Gasteiger partial charge in [0.25, 0.3) is 0 Å². The fourth-order valence-corrected chi connectivity index (χ4v) is 1.53. The Morgan fingerprint density at radius 3 is 2.67 bits per heavy atom. The zero-order valence-electron chi connectivity index (χ0n) is 8.30. The van der Waals surface area contributed by atoms with Crippen LogP contribution < -0.4 is 10.5 Å². The minimum Gasteiger partial charge on any atom is -0.487 e. The molecule has 1 aromatic heterocycles. The van der Waals surface area contributed by atoms with Crippen LogP contribution in [0.2, 0.25) is 0 Å². The van der Waals surface area contributed by atoms with Gasteiger partial charge in [-0.05, 0) is 19.1 Å². The maximum atomic E-state index is 5.64. The van der Waals surface area contributed by atoms with Crippen molar-refractivity contribution in [2.45, 2.75) is 13.5 Å². The van der Waals surface area contributed by atoms with Crippen molar-refractivity contribution in [1.82, 2.24) is 9.59 Å². The highest BCUT2D eigenvalue weighted by atomic mass is 32.1. The Hall–Kier alpha value is -1.62. The second-order valence-corrected chi connectivity index (χ2v) is 3.97. The highest BCUT2D eigenvalue weighted by molar-refractivity contribution is 7.09. The van der Waals surface area contributed by atoms with Crippen molar-refractivity contribution >= 4 is 16.5 Å². The standard InChI is InChI=1S/C10H11N3OS/c1-7-2-4-8(5-3-7)14-6-9-10(11)15-13-12-9/h2-5H,6,11H2,1H3. The molecule has 0 atom stereocenters. The van der Waals surface area contributed by atoms with Crippen LogP contribution in [0.4, 0.5) is 5.00 Å². The summed E-state index contributed by atoms with van der Waals surface area (Å²) < 4.78 is 9.25. The van der Waals surface area contributed by atoms with Crippen LogP contribution in [-0.2, 0) is 6.61 Å². The number of nitrogens with two attached hydrogens (primary N) is 1. The molecule has 0 amide bonds. The number of nitrogen functional groups attached to an aromatic ring is 1. The largest absolute Gasteiger partial charge is 0.487 e. The number of nitrogens with zero attached hydrogens (tertiary/aromatic N) is 2. The van der Waals surface area contributed by atoms with E-state index in [0.717, 1.165) is 5.75 Å². The molecule has 2 N–H and O–H groups in total. The van der Waals surface area contributed by atoms with Crippen molar-refractivity contribution in [2.75, 3.05) is 5.73 Å². The Bertz CT molecular complexity index is 438. The van der Waals surface area contributed by atoms with Gasteiger partial charge in [0.1, 0.15) is 23.1 Å². The molecule has 1 aromatic carbocycles. The summed E-state index contributed by atoms with van der Waals surface area (Å²) in [4.78, 5) is 0. The van der Waals surface area contributed by atoms with E-state index in [1.54, 1.807) is 0 Å². The van der Waals surface area contributed by atoms with Crippen LogP contribution in [0.25, 0.3) is 0 Å². The Morgan fingerprint density at radius 2 is 2.07 bits per heavy atom. The topological polar surface area (TPSA) is 61.0 Å². The third-order valence-electron chi connectivity index (χ3n) is 1.98. The summed E-state index contributed by atoms with van der Waals surface area (Å²) in [6, 6.07) is 7.84. The van der Waals surface area contributed by atoms with Gasteiger partial charge < -0.3 is 10.5 Å². The summed E-state index contributed by atoms with van der Waals surface area (Å²) in [6.07, 6.45) is 0. The number of rotatable bonds is 3. The fraction of sp³-hybridized carbons (Fsp3) is 0.200. The lowest BCUT2D eigenvalue weighted by molar-refractivity contribution is 0.302. The van der Waals surface area contributed by atoms with Gasteiger partial charge in [0, 0.05) is 11.5 Å². The zero-order chi connectivity index (χ0) is 10.7. The first-order valence-electron chi connectivity index (χ1n) is 4.52. The monoisotopic (exact) mass is 221 g/mol. The van der Waals surface area contributed by atoms with Crippen LogP contribution in [0.1, 0.15) is 11.3 Å². The summed E-state index contributed by atoms with van der Waals surface area (Å²) in [6.45, 7) is 2.40. The first-order valence-corrected chi connectivity index (χ1v) is 5.29. The molecule has 1 heterocycles. The zero-order valence-corrected chi connectivity index (χ0v) is 9.12. The molecular formula is C10H11N3OS. The van der Waals surface area contributed by atoms with Crippen molar-refractivity contribution in [3.63, 3.8) is 0 Å². The van der Waals surface area contributed by atoms with E-state index in [-0.39, 0.29) is 0 Å². The molecule has 0 unspecified atom stereocenters. The van der Waals surface area contributed by atoms with E-state index < -0.39 is 0 Å². The van der Waals surface area contributed by atoms with Crippen LogP contribution >= 0.6 is 11.5 Å². The molecule has 78 valence electrons. The number of hydrogen-bond donors (Lipinski definition) is 1. The average molecular weight is 221 g/mol. The minimum atomic E-state index is 0.366. The maximum Gasteiger partial charge on any atom is 0.136 e. The molecule has 0 aliphatic rings. The summed E-state index contributed by atoms with van der Waals surface area (Å²) in [5.74, 6) is 0.813. The predicted molar refractivity (Wildman–Crippen MR) is 59.8 cm³/mol. The molecule has 5 heteroatoms. The van der Waals surface area contributed by atoms with Crippen LogP contribution in [0.3, 0.4) is 0 Å². The normalized spacial score (nSPS) is 10.2. The maximum absolute atomic E-state index is 5.64. The molecule has 0 saturated heterocycles. The molecule has 0 aliphatic carbocycles. The van der Waals surface area contributed by atoms with Crippen LogP contribution in [0.5, 0.6) is 5.75 Å². The van der Waals surface area contributed by atoms with Crippen LogP contribution in [-0.4, -0.2) is 9.59 Å². The summed E-state index contributed by atoms with van der Waals surface area (Å²) in [7, 11) is 0. The average Bonchev–Trinajstić information content (AvgIpc) is 2.63. The summed E-state index contributed by atoms with van der Waals surface area (Å²) >= 11 is 1.18. The fourth-order valence-electron chi connectivity index (χ4n) is 1.10. The highest BCUT2D eigenvalue weighted by Crippen LogP contribution is 2.17. The van der Waals surface area contributed by atoms with Gasteiger partial charge in [-0.2, -0.15) is 0 Å². The predicted octanol–water partition coefficient (Wildman–Crippen LogP) is 2.01. The quantitative estimate of drug-likeness (QED) is 0.861.